The molecule has 1 aromatic heterocycles. The second kappa shape index (κ2) is 17.1. The number of carbonyl (C=O) groups excluding carboxylic acids is 3. The maximum absolute atomic E-state index is 13.2. The van der Waals surface area contributed by atoms with Crippen molar-refractivity contribution in [1.82, 2.24) is 4.90 Å². The van der Waals surface area contributed by atoms with Crippen LogP contribution in [-0.2, 0) is 27.3 Å². The van der Waals surface area contributed by atoms with Gasteiger partial charge in [0.25, 0.3) is 0 Å². The molecule has 4 aromatic carbocycles. The molecule has 0 bridgehead atoms. The zero-order valence-corrected chi connectivity index (χ0v) is 26.8. The number of hydrogen-bond acceptors (Lipinski definition) is 7. The van der Waals surface area contributed by atoms with Gasteiger partial charge in [-0.15, -0.1) is 0 Å². The van der Waals surface area contributed by atoms with E-state index in [1.54, 1.807) is 66.0 Å². The highest BCUT2D eigenvalue weighted by Crippen LogP contribution is 2.22. The second-order valence-electron chi connectivity index (χ2n) is 11.1. The van der Waals surface area contributed by atoms with Crippen molar-refractivity contribution in [3.05, 3.63) is 162 Å². The first-order valence-corrected chi connectivity index (χ1v) is 15.8. The number of ether oxygens (including phenoxy) is 2. The van der Waals surface area contributed by atoms with Gasteiger partial charge >= 0.3 is 5.97 Å². The lowest BCUT2D eigenvalue weighted by Crippen LogP contribution is -2.33. The molecule has 0 aliphatic rings. The number of furan rings is 1. The van der Waals surface area contributed by atoms with Crippen molar-refractivity contribution in [3.63, 3.8) is 0 Å². The van der Waals surface area contributed by atoms with E-state index in [1.807, 2.05) is 78.9 Å². The van der Waals surface area contributed by atoms with Crippen molar-refractivity contribution >= 4 is 29.4 Å². The molecule has 0 saturated carbocycles. The lowest BCUT2D eigenvalue weighted by Gasteiger charge is -2.21. The van der Waals surface area contributed by atoms with Crippen LogP contribution in [0.15, 0.2) is 138 Å². The molecule has 5 rings (SSSR count). The van der Waals surface area contributed by atoms with Gasteiger partial charge in [-0.2, -0.15) is 0 Å². The fourth-order valence-corrected chi connectivity index (χ4v) is 5.19. The fourth-order valence-electron chi connectivity index (χ4n) is 5.19. The number of carbonyl (C=O) groups is 3. The average Bonchev–Trinajstić information content (AvgIpc) is 3.66. The number of nitrogens with zero attached hydrogens (tertiary/aromatic N) is 1. The number of para-hydroxylation sites is 1. The predicted molar refractivity (Wildman–Crippen MR) is 186 cm³/mol. The molecule has 1 N–H and O–H groups in total. The summed E-state index contributed by atoms with van der Waals surface area (Å²) in [5, 5.41) is 3.24. The number of esters is 1. The molecule has 8 nitrogen and oxygen atoms in total. The van der Waals surface area contributed by atoms with E-state index in [2.05, 4.69) is 5.32 Å². The number of methoxy groups -OCH3 is 1. The fraction of sp³-hybridized carbons (Fsp3) is 0.175. The summed E-state index contributed by atoms with van der Waals surface area (Å²) in [5.41, 5.74) is 4.35. The van der Waals surface area contributed by atoms with E-state index in [4.69, 9.17) is 13.9 Å². The predicted octanol–water partition coefficient (Wildman–Crippen LogP) is 7.22. The zero-order valence-electron chi connectivity index (χ0n) is 26.8. The van der Waals surface area contributed by atoms with Crippen molar-refractivity contribution in [1.29, 1.82) is 0 Å². The van der Waals surface area contributed by atoms with Crippen LogP contribution >= 0.6 is 0 Å². The average molecular weight is 643 g/mol. The molecule has 0 aliphatic heterocycles. The van der Waals surface area contributed by atoms with Gasteiger partial charge in [-0.25, -0.2) is 4.79 Å². The second-order valence-corrected chi connectivity index (χ2v) is 11.1. The lowest BCUT2D eigenvalue weighted by molar-refractivity contribution is -0.141. The maximum atomic E-state index is 13.2. The van der Waals surface area contributed by atoms with Crippen LogP contribution in [-0.4, -0.2) is 48.9 Å². The Bertz CT molecular complexity index is 1790. The Kier molecular flexibility index (Phi) is 12.0. The van der Waals surface area contributed by atoms with Crippen LogP contribution in [0.25, 0.3) is 6.08 Å². The topological polar surface area (TPSA) is 98.1 Å². The molecule has 1 amide bonds. The van der Waals surface area contributed by atoms with Crippen molar-refractivity contribution in [2.75, 3.05) is 25.6 Å². The number of anilines is 1. The molecule has 244 valence electrons. The van der Waals surface area contributed by atoms with Crippen LogP contribution in [0.4, 0.5) is 5.69 Å². The molecule has 0 aliphatic carbocycles. The maximum Gasteiger partial charge on any atom is 0.328 e. The van der Waals surface area contributed by atoms with Crippen LogP contribution in [0, 0.1) is 0 Å². The van der Waals surface area contributed by atoms with E-state index < -0.39 is 12.0 Å². The Hall–Kier alpha value is -5.89. The van der Waals surface area contributed by atoms with E-state index >= 15 is 0 Å². The summed E-state index contributed by atoms with van der Waals surface area (Å²) in [6, 6.07) is 34.6. The highest BCUT2D eigenvalue weighted by molar-refractivity contribution is 6.12. The van der Waals surface area contributed by atoms with Gasteiger partial charge < -0.3 is 24.1 Å². The van der Waals surface area contributed by atoms with Crippen LogP contribution in [0.5, 0.6) is 5.75 Å². The molecule has 5 aromatic rings. The standard InChI is InChI=1S/C40H38N2O6/c1-46-40(45)37(41-36-16-9-8-15-35(36)39(44)33-13-6-3-7-14-33)27-30-17-20-34(21-18-30)48-25-10-24-42(28-31-11-4-2-5-12-31)38(43)22-19-32-23-26-47-29-32/h2-9,11-23,26,29,37,41H,10,24-25,27-28H2,1H3/b22-19+/t37-/m0/s1. The molecule has 1 heterocycles. The quantitative estimate of drug-likeness (QED) is 0.0525. The first-order valence-electron chi connectivity index (χ1n) is 15.8. The highest BCUT2D eigenvalue weighted by Gasteiger charge is 2.23. The van der Waals surface area contributed by atoms with E-state index in [0.29, 0.717) is 55.1 Å². The van der Waals surface area contributed by atoms with Gasteiger partial charge in [0.15, 0.2) is 5.78 Å². The van der Waals surface area contributed by atoms with Crippen LogP contribution < -0.4 is 10.1 Å². The molecule has 48 heavy (non-hydrogen) atoms. The minimum atomic E-state index is -0.720. The van der Waals surface area contributed by atoms with E-state index in [1.165, 1.54) is 7.11 Å². The zero-order chi connectivity index (χ0) is 33.6. The van der Waals surface area contributed by atoms with Gasteiger partial charge in [0, 0.05) is 48.0 Å². The molecule has 0 radical (unpaired) electrons. The largest absolute Gasteiger partial charge is 0.494 e. The number of amides is 1. The lowest BCUT2D eigenvalue weighted by atomic mass is 10.00. The summed E-state index contributed by atoms with van der Waals surface area (Å²) >= 11 is 0. The molecule has 0 fully saturated rings. The Morgan fingerprint density at radius 2 is 1.54 bits per heavy atom. The van der Waals surface area contributed by atoms with E-state index in [-0.39, 0.29) is 11.7 Å². The van der Waals surface area contributed by atoms with Crippen molar-refractivity contribution in [2.45, 2.75) is 25.4 Å². The first-order chi connectivity index (χ1) is 23.5. The van der Waals surface area contributed by atoms with Gasteiger partial charge in [-0.3, -0.25) is 9.59 Å². The van der Waals surface area contributed by atoms with Gasteiger partial charge in [0.1, 0.15) is 11.8 Å². The Morgan fingerprint density at radius 3 is 2.25 bits per heavy atom. The monoisotopic (exact) mass is 642 g/mol. The summed E-state index contributed by atoms with van der Waals surface area (Å²) in [7, 11) is 1.35. The summed E-state index contributed by atoms with van der Waals surface area (Å²) in [6.07, 6.45) is 7.43. The Labute approximate surface area is 280 Å². The summed E-state index contributed by atoms with van der Waals surface area (Å²) < 4.78 is 16.2. The highest BCUT2D eigenvalue weighted by atomic mass is 16.5. The minimum absolute atomic E-state index is 0.0924. The third kappa shape index (κ3) is 9.56. The SMILES string of the molecule is COC(=O)[C@H](Cc1ccc(OCCCN(Cc2ccccc2)C(=O)/C=C/c2ccoc2)cc1)Nc1ccccc1C(=O)c1ccccc1. The van der Waals surface area contributed by atoms with Crippen LogP contribution in [0.1, 0.15) is 39.0 Å². The molecular formula is C40H38N2O6. The molecule has 0 spiro atoms. The minimum Gasteiger partial charge on any atom is -0.494 e. The van der Waals surface area contributed by atoms with Crippen LogP contribution in [0.2, 0.25) is 0 Å². The van der Waals surface area contributed by atoms with Crippen molar-refractivity contribution in [3.8, 4) is 5.75 Å². The molecule has 8 heteroatoms. The molecule has 0 saturated heterocycles. The third-order valence-electron chi connectivity index (χ3n) is 7.72. The van der Waals surface area contributed by atoms with Gasteiger partial charge in [0.2, 0.25) is 5.91 Å². The van der Waals surface area contributed by atoms with Gasteiger partial charge in [-0.1, -0.05) is 84.9 Å². The number of benzene rings is 4. The summed E-state index contributed by atoms with van der Waals surface area (Å²) in [6.45, 7) is 1.43. The Morgan fingerprint density at radius 1 is 0.833 bits per heavy atom. The van der Waals surface area contributed by atoms with Crippen LogP contribution in [0.3, 0.4) is 0 Å². The molecule has 0 unspecified atom stereocenters. The molecule has 1 atom stereocenters. The normalized spacial score (nSPS) is 11.5. The summed E-state index contributed by atoms with van der Waals surface area (Å²) in [4.78, 5) is 40.9. The third-order valence-corrected chi connectivity index (χ3v) is 7.72. The van der Waals surface area contributed by atoms with Gasteiger partial charge in [-0.05, 0) is 54.0 Å². The number of rotatable bonds is 16. The summed E-state index contributed by atoms with van der Waals surface area (Å²) in [5.74, 6) is 0.0137. The number of nitrogens with one attached hydrogen (secondary N) is 1. The van der Waals surface area contributed by atoms with E-state index in [9.17, 15) is 14.4 Å². The first kappa shape index (κ1) is 33.5. The van der Waals surface area contributed by atoms with E-state index in [0.717, 1.165) is 16.7 Å². The number of ketones is 1. The Balaban J connectivity index is 1.17. The van der Waals surface area contributed by atoms with Gasteiger partial charge in [0.05, 0.1) is 26.2 Å². The van der Waals surface area contributed by atoms with Crippen molar-refractivity contribution < 1.29 is 28.3 Å². The smallest absolute Gasteiger partial charge is 0.328 e. The van der Waals surface area contributed by atoms with Crippen molar-refractivity contribution in [2.24, 2.45) is 0 Å². The molecular weight excluding hydrogens is 604 g/mol. The number of hydrogen-bond donors (Lipinski definition) is 1.